The van der Waals surface area contributed by atoms with Gasteiger partial charge >= 0.3 is 0 Å². The summed E-state index contributed by atoms with van der Waals surface area (Å²) in [5, 5.41) is 0. The van der Waals surface area contributed by atoms with Crippen LogP contribution < -0.4 is 20.7 Å². The highest BCUT2D eigenvalue weighted by Crippen LogP contribution is 2.27. The SMILES string of the molecule is COc1cc(C(Cc2ccc(OC)c(Br)c2)NN)ncn1. The summed E-state index contributed by atoms with van der Waals surface area (Å²) in [6, 6.07) is 7.53. The molecular weight excluding hydrogens is 336 g/mol. The van der Waals surface area contributed by atoms with Gasteiger partial charge in [0.1, 0.15) is 12.1 Å². The van der Waals surface area contributed by atoms with Crippen molar-refractivity contribution in [2.75, 3.05) is 14.2 Å². The summed E-state index contributed by atoms with van der Waals surface area (Å²) < 4.78 is 11.2. The van der Waals surface area contributed by atoms with Gasteiger partial charge < -0.3 is 9.47 Å². The zero-order valence-electron chi connectivity index (χ0n) is 11.8. The van der Waals surface area contributed by atoms with Gasteiger partial charge in [-0.3, -0.25) is 11.3 Å². The van der Waals surface area contributed by atoms with Crippen LogP contribution in [0.25, 0.3) is 0 Å². The van der Waals surface area contributed by atoms with Gasteiger partial charge in [0.15, 0.2) is 0 Å². The number of methoxy groups -OCH3 is 2. The van der Waals surface area contributed by atoms with Crippen molar-refractivity contribution in [2.45, 2.75) is 12.5 Å². The Morgan fingerprint density at radius 2 is 2.05 bits per heavy atom. The van der Waals surface area contributed by atoms with E-state index in [0.717, 1.165) is 21.5 Å². The third kappa shape index (κ3) is 3.90. The molecule has 0 saturated carbocycles. The van der Waals surface area contributed by atoms with Crippen molar-refractivity contribution in [3.63, 3.8) is 0 Å². The van der Waals surface area contributed by atoms with Crippen LogP contribution in [0, 0.1) is 0 Å². The van der Waals surface area contributed by atoms with E-state index in [1.807, 2.05) is 18.2 Å². The molecule has 0 saturated heterocycles. The van der Waals surface area contributed by atoms with Crippen molar-refractivity contribution in [1.82, 2.24) is 15.4 Å². The predicted octanol–water partition coefficient (Wildman–Crippen LogP) is 2.00. The molecule has 1 heterocycles. The Hall–Kier alpha value is -1.70. The molecule has 1 aromatic carbocycles. The average Bonchev–Trinajstić information content (AvgIpc) is 2.52. The zero-order valence-corrected chi connectivity index (χ0v) is 13.4. The molecule has 21 heavy (non-hydrogen) atoms. The fourth-order valence-electron chi connectivity index (χ4n) is 1.98. The summed E-state index contributed by atoms with van der Waals surface area (Å²) in [5.74, 6) is 6.95. The molecule has 1 aromatic heterocycles. The molecule has 1 unspecified atom stereocenters. The number of halogens is 1. The summed E-state index contributed by atoms with van der Waals surface area (Å²) in [4.78, 5) is 8.23. The van der Waals surface area contributed by atoms with Gasteiger partial charge in [0, 0.05) is 6.07 Å². The highest BCUT2D eigenvalue weighted by molar-refractivity contribution is 9.10. The molecule has 0 radical (unpaired) electrons. The Kier molecular flexibility index (Phi) is 5.49. The maximum absolute atomic E-state index is 5.65. The second-order valence-corrected chi connectivity index (χ2v) is 5.23. The number of nitrogens with two attached hydrogens (primary N) is 1. The lowest BCUT2D eigenvalue weighted by molar-refractivity contribution is 0.393. The van der Waals surface area contributed by atoms with Gasteiger partial charge in [0.05, 0.1) is 30.4 Å². The molecule has 3 N–H and O–H groups in total. The second kappa shape index (κ2) is 7.35. The lowest BCUT2D eigenvalue weighted by Crippen LogP contribution is -2.30. The second-order valence-electron chi connectivity index (χ2n) is 4.38. The maximum atomic E-state index is 5.65. The van der Waals surface area contributed by atoms with Gasteiger partial charge in [-0.2, -0.15) is 0 Å². The molecule has 0 aliphatic heterocycles. The van der Waals surface area contributed by atoms with Crippen molar-refractivity contribution in [3.8, 4) is 11.6 Å². The van der Waals surface area contributed by atoms with Crippen LogP contribution in [0.2, 0.25) is 0 Å². The monoisotopic (exact) mass is 352 g/mol. The summed E-state index contributed by atoms with van der Waals surface area (Å²) in [6.07, 6.45) is 2.14. The Morgan fingerprint density at radius 3 is 2.67 bits per heavy atom. The van der Waals surface area contributed by atoms with Crippen LogP contribution in [0.5, 0.6) is 11.6 Å². The summed E-state index contributed by atoms with van der Waals surface area (Å²) >= 11 is 3.48. The van der Waals surface area contributed by atoms with Crippen molar-refractivity contribution in [1.29, 1.82) is 0 Å². The number of nitrogens with zero attached hydrogens (tertiary/aromatic N) is 2. The highest BCUT2D eigenvalue weighted by Gasteiger charge is 2.14. The largest absolute Gasteiger partial charge is 0.496 e. The van der Waals surface area contributed by atoms with Crippen LogP contribution in [-0.4, -0.2) is 24.2 Å². The first-order valence-electron chi connectivity index (χ1n) is 6.32. The summed E-state index contributed by atoms with van der Waals surface area (Å²) in [5.41, 5.74) is 4.65. The van der Waals surface area contributed by atoms with Gasteiger partial charge in [-0.25, -0.2) is 9.97 Å². The van der Waals surface area contributed by atoms with E-state index in [1.165, 1.54) is 6.33 Å². The fourth-order valence-corrected chi connectivity index (χ4v) is 2.57. The van der Waals surface area contributed by atoms with E-state index in [9.17, 15) is 0 Å². The first-order valence-corrected chi connectivity index (χ1v) is 7.11. The number of nitrogens with one attached hydrogen (secondary N) is 1. The maximum Gasteiger partial charge on any atom is 0.216 e. The first kappa shape index (κ1) is 15.7. The summed E-state index contributed by atoms with van der Waals surface area (Å²) in [7, 11) is 3.20. The minimum Gasteiger partial charge on any atom is -0.496 e. The number of aromatic nitrogens is 2. The van der Waals surface area contributed by atoms with Crippen molar-refractivity contribution >= 4 is 15.9 Å². The Morgan fingerprint density at radius 1 is 1.24 bits per heavy atom. The van der Waals surface area contributed by atoms with E-state index in [1.54, 1.807) is 20.3 Å². The van der Waals surface area contributed by atoms with Crippen LogP contribution in [0.15, 0.2) is 35.1 Å². The quantitative estimate of drug-likeness (QED) is 0.611. The molecule has 6 nitrogen and oxygen atoms in total. The van der Waals surface area contributed by atoms with Gasteiger partial charge in [-0.05, 0) is 40.0 Å². The lowest BCUT2D eigenvalue weighted by Gasteiger charge is -2.16. The number of hydrazine groups is 1. The topological polar surface area (TPSA) is 82.3 Å². The van der Waals surface area contributed by atoms with Crippen LogP contribution in [0.4, 0.5) is 0 Å². The van der Waals surface area contributed by atoms with Gasteiger partial charge in [0.25, 0.3) is 0 Å². The Balaban J connectivity index is 2.20. The molecule has 0 amide bonds. The third-order valence-corrected chi connectivity index (χ3v) is 3.71. The van der Waals surface area contributed by atoms with Crippen LogP contribution in [0.3, 0.4) is 0 Å². The molecule has 0 bridgehead atoms. The number of hydrogen-bond acceptors (Lipinski definition) is 6. The standard InChI is InChI=1S/C14H17BrN4O2/c1-20-13-4-3-9(5-10(13)15)6-12(19-16)11-7-14(21-2)18-8-17-11/h3-5,7-8,12,19H,6,16H2,1-2H3. The number of rotatable bonds is 6. The predicted molar refractivity (Wildman–Crippen MR) is 83.0 cm³/mol. The van der Waals surface area contributed by atoms with E-state index in [0.29, 0.717) is 12.3 Å². The van der Waals surface area contributed by atoms with E-state index >= 15 is 0 Å². The van der Waals surface area contributed by atoms with Gasteiger partial charge in [0.2, 0.25) is 5.88 Å². The molecule has 0 fully saturated rings. The number of hydrogen-bond donors (Lipinski definition) is 2. The van der Waals surface area contributed by atoms with Crippen molar-refractivity contribution in [3.05, 3.63) is 46.3 Å². The summed E-state index contributed by atoms with van der Waals surface area (Å²) in [6.45, 7) is 0. The Labute approximate surface area is 131 Å². The zero-order chi connectivity index (χ0) is 15.2. The smallest absolute Gasteiger partial charge is 0.216 e. The average molecular weight is 353 g/mol. The molecule has 2 rings (SSSR count). The molecule has 0 spiro atoms. The highest BCUT2D eigenvalue weighted by atomic mass is 79.9. The van der Waals surface area contributed by atoms with E-state index in [2.05, 4.69) is 31.3 Å². The van der Waals surface area contributed by atoms with Gasteiger partial charge in [-0.1, -0.05) is 6.07 Å². The number of benzene rings is 1. The van der Waals surface area contributed by atoms with Crippen molar-refractivity contribution in [2.24, 2.45) is 5.84 Å². The minimum absolute atomic E-state index is 0.137. The Bertz CT molecular complexity index is 609. The molecule has 0 aliphatic carbocycles. The fraction of sp³-hybridized carbons (Fsp3) is 0.286. The van der Waals surface area contributed by atoms with Crippen molar-refractivity contribution < 1.29 is 9.47 Å². The molecule has 2 aromatic rings. The molecule has 112 valence electrons. The van der Waals surface area contributed by atoms with Gasteiger partial charge in [-0.15, -0.1) is 0 Å². The molecule has 1 atom stereocenters. The normalized spacial score (nSPS) is 12.0. The molecule has 7 heteroatoms. The van der Waals surface area contributed by atoms with E-state index in [-0.39, 0.29) is 6.04 Å². The van der Waals surface area contributed by atoms with Crippen LogP contribution >= 0.6 is 15.9 Å². The van der Waals surface area contributed by atoms with Crippen LogP contribution in [0.1, 0.15) is 17.3 Å². The first-order chi connectivity index (χ1) is 10.2. The van der Waals surface area contributed by atoms with Crippen LogP contribution in [-0.2, 0) is 6.42 Å². The molecular formula is C14H17BrN4O2. The number of ether oxygens (including phenoxy) is 2. The molecule has 0 aliphatic rings. The third-order valence-electron chi connectivity index (χ3n) is 3.09. The van der Waals surface area contributed by atoms with E-state index < -0.39 is 0 Å². The minimum atomic E-state index is -0.137. The van der Waals surface area contributed by atoms with E-state index in [4.69, 9.17) is 15.3 Å². The lowest BCUT2D eigenvalue weighted by atomic mass is 10.0.